The standard InChI is InChI=1S/C18H24N2O4S2/c1-14-6-4-7-16(12-14)20(26(3,22)23)15(2)18(21)19-9-11-25-13-17-8-5-10-24-17/h4-8,10,12,15H,9,11,13H2,1-3H3,(H,19,21)/t15-/m0/s1. The summed E-state index contributed by atoms with van der Waals surface area (Å²) in [5.74, 6) is 2.01. The number of thioether (sulfide) groups is 1. The van der Waals surface area contributed by atoms with E-state index in [1.807, 2.05) is 25.1 Å². The van der Waals surface area contributed by atoms with E-state index in [1.54, 1.807) is 43.1 Å². The summed E-state index contributed by atoms with van der Waals surface area (Å²) in [7, 11) is -3.59. The van der Waals surface area contributed by atoms with Crippen LogP contribution < -0.4 is 9.62 Å². The number of nitrogens with one attached hydrogen (secondary N) is 1. The summed E-state index contributed by atoms with van der Waals surface area (Å²) in [5.41, 5.74) is 1.42. The van der Waals surface area contributed by atoms with Crippen LogP contribution in [-0.2, 0) is 20.6 Å². The maximum atomic E-state index is 12.4. The first-order valence-electron chi connectivity index (χ1n) is 8.23. The van der Waals surface area contributed by atoms with Gasteiger partial charge in [0.25, 0.3) is 0 Å². The molecule has 6 nitrogen and oxygen atoms in total. The monoisotopic (exact) mass is 396 g/mol. The van der Waals surface area contributed by atoms with E-state index in [1.165, 1.54) is 0 Å². The van der Waals surface area contributed by atoms with Crippen molar-refractivity contribution in [2.24, 2.45) is 0 Å². The summed E-state index contributed by atoms with van der Waals surface area (Å²) < 4.78 is 30.9. The van der Waals surface area contributed by atoms with Crippen molar-refractivity contribution in [1.29, 1.82) is 0 Å². The number of carbonyl (C=O) groups is 1. The highest BCUT2D eigenvalue weighted by atomic mass is 32.2. The minimum atomic E-state index is -3.59. The van der Waals surface area contributed by atoms with Gasteiger partial charge >= 0.3 is 0 Å². The van der Waals surface area contributed by atoms with Crippen molar-refractivity contribution in [1.82, 2.24) is 5.32 Å². The van der Waals surface area contributed by atoms with Gasteiger partial charge in [0.1, 0.15) is 11.8 Å². The van der Waals surface area contributed by atoms with Crippen LogP contribution in [0.15, 0.2) is 47.1 Å². The van der Waals surface area contributed by atoms with Crippen LogP contribution in [0.25, 0.3) is 0 Å². The van der Waals surface area contributed by atoms with Crippen LogP contribution in [0.4, 0.5) is 5.69 Å². The third-order valence-electron chi connectivity index (χ3n) is 3.71. The quantitative estimate of drug-likeness (QED) is 0.660. The van der Waals surface area contributed by atoms with Crippen LogP contribution in [0.2, 0.25) is 0 Å². The number of sulfonamides is 1. The Morgan fingerprint density at radius 3 is 2.69 bits per heavy atom. The van der Waals surface area contributed by atoms with Crippen LogP contribution in [-0.4, -0.2) is 38.9 Å². The zero-order chi connectivity index (χ0) is 19.2. The van der Waals surface area contributed by atoms with Crippen molar-refractivity contribution in [2.75, 3.05) is 22.9 Å². The fraction of sp³-hybridized carbons (Fsp3) is 0.389. The Bertz CT molecular complexity index is 819. The SMILES string of the molecule is Cc1cccc(N([C@@H](C)C(=O)NCCSCc2ccco2)S(C)(=O)=O)c1. The Kier molecular flexibility index (Phi) is 7.16. The fourth-order valence-corrected chi connectivity index (χ4v) is 4.46. The minimum Gasteiger partial charge on any atom is -0.468 e. The third kappa shape index (κ3) is 5.81. The number of aryl methyl sites for hydroxylation is 1. The minimum absolute atomic E-state index is 0.324. The number of amides is 1. The highest BCUT2D eigenvalue weighted by Gasteiger charge is 2.28. The Labute approximate surface area is 159 Å². The van der Waals surface area contributed by atoms with Crippen molar-refractivity contribution in [3.05, 3.63) is 54.0 Å². The molecule has 0 bridgehead atoms. The van der Waals surface area contributed by atoms with Gasteiger partial charge in [-0.05, 0) is 43.7 Å². The zero-order valence-corrected chi connectivity index (χ0v) is 16.8. The molecular formula is C18H24N2O4S2. The van der Waals surface area contributed by atoms with E-state index in [0.717, 1.165) is 27.6 Å². The van der Waals surface area contributed by atoms with Gasteiger partial charge in [-0.2, -0.15) is 11.8 Å². The number of nitrogens with zero attached hydrogens (tertiary/aromatic N) is 1. The van der Waals surface area contributed by atoms with Gasteiger partial charge in [0, 0.05) is 12.3 Å². The molecule has 1 N–H and O–H groups in total. The number of benzene rings is 1. The summed E-state index contributed by atoms with van der Waals surface area (Å²) in [6.07, 6.45) is 2.74. The van der Waals surface area contributed by atoms with Gasteiger partial charge in [0.05, 0.1) is 24.0 Å². The molecule has 142 valence electrons. The first kappa shape index (κ1) is 20.4. The molecule has 8 heteroatoms. The number of rotatable bonds is 9. The topological polar surface area (TPSA) is 79.6 Å². The Morgan fingerprint density at radius 2 is 2.08 bits per heavy atom. The number of furan rings is 1. The van der Waals surface area contributed by atoms with Gasteiger partial charge in [0.15, 0.2) is 0 Å². The van der Waals surface area contributed by atoms with E-state index in [9.17, 15) is 13.2 Å². The second-order valence-electron chi connectivity index (χ2n) is 6.00. The normalized spacial score (nSPS) is 12.6. The molecule has 0 unspecified atom stereocenters. The maximum Gasteiger partial charge on any atom is 0.243 e. The highest BCUT2D eigenvalue weighted by Crippen LogP contribution is 2.22. The van der Waals surface area contributed by atoms with E-state index >= 15 is 0 Å². The number of anilines is 1. The Morgan fingerprint density at radius 1 is 1.31 bits per heavy atom. The molecule has 1 aromatic heterocycles. The van der Waals surface area contributed by atoms with E-state index < -0.39 is 16.1 Å². The molecule has 0 fully saturated rings. The maximum absolute atomic E-state index is 12.4. The number of hydrogen-bond acceptors (Lipinski definition) is 5. The predicted molar refractivity (Wildman–Crippen MR) is 106 cm³/mol. The lowest BCUT2D eigenvalue weighted by atomic mass is 10.2. The van der Waals surface area contributed by atoms with Crippen molar-refractivity contribution in [3.8, 4) is 0 Å². The zero-order valence-electron chi connectivity index (χ0n) is 15.1. The summed E-state index contributed by atoms with van der Waals surface area (Å²) in [5, 5.41) is 2.80. The molecule has 0 aliphatic heterocycles. The molecule has 0 saturated carbocycles. The lowest BCUT2D eigenvalue weighted by molar-refractivity contribution is -0.121. The van der Waals surface area contributed by atoms with Gasteiger partial charge in [0.2, 0.25) is 15.9 Å². The van der Waals surface area contributed by atoms with E-state index in [-0.39, 0.29) is 5.91 Å². The van der Waals surface area contributed by atoms with Crippen LogP contribution in [0.1, 0.15) is 18.2 Å². The van der Waals surface area contributed by atoms with Crippen molar-refractivity contribution in [2.45, 2.75) is 25.6 Å². The van der Waals surface area contributed by atoms with E-state index in [4.69, 9.17) is 4.42 Å². The molecule has 0 aliphatic rings. The lowest BCUT2D eigenvalue weighted by Crippen LogP contribution is -2.48. The van der Waals surface area contributed by atoms with Crippen LogP contribution >= 0.6 is 11.8 Å². The molecule has 0 spiro atoms. The van der Waals surface area contributed by atoms with Crippen molar-refractivity contribution >= 4 is 33.4 Å². The van der Waals surface area contributed by atoms with Gasteiger partial charge in [-0.3, -0.25) is 9.10 Å². The van der Waals surface area contributed by atoms with Gasteiger partial charge in [-0.25, -0.2) is 8.42 Å². The molecule has 2 rings (SSSR count). The largest absolute Gasteiger partial charge is 0.468 e. The van der Waals surface area contributed by atoms with Gasteiger partial charge in [-0.1, -0.05) is 12.1 Å². The molecule has 2 aromatic rings. The highest BCUT2D eigenvalue weighted by molar-refractivity contribution is 7.98. The first-order valence-corrected chi connectivity index (χ1v) is 11.2. The van der Waals surface area contributed by atoms with Crippen LogP contribution in [0.5, 0.6) is 0 Å². The molecule has 0 aliphatic carbocycles. The molecular weight excluding hydrogens is 372 g/mol. The fourth-order valence-electron chi connectivity index (χ4n) is 2.54. The second-order valence-corrected chi connectivity index (χ2v) is 8.96. The Hall–Kier alpha value is -1.93. The summed E-state index contributed by atoms with van der Waals surface area (Å²) in [6, 6.07) is 10.0. The molecule has 1 amide bonds. The lowest BCUT2D eigenvalue weighted by Gasteiger charge is -2.28. The van der Waals surface area contributed by atoms with Crippen LogP contribution in [0, 0.1) is 6.92 Å². The van der Waals surface area contributed by atoms with Crippen LogP contribution in [0.3, 0.4) is 0 Å². The van der Waals surface area contributed by atoms with E-state index in [2.05, 4.69) is 5.32 Å². The third-order valence-corrected chi connectivity index (χ3v) is 5.94. The molecule has 1 aromatic carbocycles. The summed E-state index contributed by atoms with van der Waals surface area (Å²) in [6.45, 7) is 3.93. The van der Waals surface area contributed by atoms with Crippen molar-refractivity contribution < 1.29 is 17.6 Å². The summed E-state index contributed by atoms with van der Waals surface area (Å²) >= 11 is 1.64. The Balaban J connectivity index is 1.92. The molecule has 1 heterocycles. The number of hydrogen-bond donors (Lipinski definition) is 1. The van der Waals surface area contributed by atoms with Gasteiger partial charge < -0.3 is 9.73 Å². The summed E-state index contributed by atoms with van der Waals surface area (Å²) in [4.78, 5) is 12.4. The smallest absolute Gasteiger partial charge is 0.243 e. The molecule has 0 radical (unpaired) electrons. The second kappa shape index (κ2) is 9.14. The molecule has 0 saturated heterocycles. The van der Waals surface area contributed by atoms with Gasteiger partial charge in [-0.15, -0.1) is 0 Å². The predicted octanol–water partition coefficient (Wildman–Crippen LogP) is 2.79. The van der Waals surface area contributed by atoms with E-state index in [0.29, 0.717) is 18.0 Å². The number of carbonyl (C=O) groups excluding carboxylic acids is 1. The average molecular weight is 397 g/mol. The van der Waals surface area contributed by atoms with Crippen molar-refractivity contribution in [3.63, 3.8) is 0 Å². The first-order chi connectivity index (χ1) is 12.3. The molecule has 26 heavy (non-hydrogen) atoms. The average Bonchev–Trinajstić information content (AvgIpc) is 3.06. The molecule has 1 atom stereocenters.